The van der Waals surface area contributed by atoms with Crippen molar-refractivity contribution in [1.29, 1.82) is 0 Å². The van der Waals surface area contributed by atoms with Crippen molar-refractivity contribution >= 4 is 17.9 Å². The van der Waals surface area contributed by atoms with Gasteiger partial charge in [-0.1, -0.05) is 298 Å². The maximum Gasteiger partial charge on any atom is 0.306 e. The third kappa shape index (κ3) is 67.0. The van der Waals surface area contributed by atoms with E-state index in [1.807, 2.05) is 0 Å². The summed E-state index contributed by atoms with van der Waals surface area (Å²) in [5.41, 5.74) is 0. The van der Waals surface area contributed by atoms with E-state index in [1.165, 1.54) is 199 Å². The van der Waals surface area contributed by atoms with Gasteiger partial charge in [0.1, 0.15) is 13.2 Å². The maximum atomic E-state index is 13.0. The fourth-order valence-electron chi connectivity index (χ4n) is 9.85. The number of rotatable bonds is 63. The van der Waals surface area contributed by atoms with Gasteiger partial charge in [-0.15, -0.1) is 0 Å². The van der Waals surface area contributed by atoms with E-state index in [2.05, 4.69) is 118 Å². The maximum absolute atomic E-state index is 13.0. The van der Waals surface area contributed by atoms with E-state index in [0.717, 1.165) is 103 Å². The van der Waals surface area contributed by atoms with Crippen LogP contribution in [0.4, 0.5) is 0 Å². The van der Waals surface area contributed by atoms with Gasteiger partial charge in [-0.2, -0.15) is 0 Å². The van der Waals surface area contributed by atoms with E-state index >= 15 is 0 Å². The number of carbonyl (C=O) groups is 3. The number of carbonyl (C=O) groups excluding carboxylic acids is 3. The Bertz CT molecular complexity index is 1580. The molecule has 0 amide bonds. The van der Waals surface area contributed by atoms with Gasteiger partial charge in [-0.3, -0.25) is 14.4 Å². The highest BCUT2D eigenvalue weighted by atomic mass is 16.6. The topological polar surface area (TPSA) is 78.9 Å². The molecule has 6 heteroatoms. The van der Waals surface area contributed by atoms with Gasteiger partial charge >= 0.3 is 17.9 Å². The Kier molecular flexibility index (Phi) is 65.7. The van der Waals surface area contributed by atoms with Crippen LogP contribution in [0.25, 0.3) is 0 Å². The molecule has 81 heavy (non-hydrogen) atoms. The first-order valence-electron chi connectivity index (χ1n) is 34.7. The van der Waals surface area contributed by atoms with Gasteiger partial charge in [0.25, 0.3) is 0 Å². The van der Waals surface area contributed by atoms with Crippen molar-refractivity contribution in [3.05, 3.63) is 97.2 Å². The van der Waals surface area contributed by atoms with Crippen LogP contribution in [0.5, 0.6) is 0 Å². The third-order valence-electron chi connectivity index (χ3n) is 15.0. The van der Waals surface area contributed by atoms with E-state index in [9.17, 15) is 14.4 Å². The van der Waals surface area contributed by atoms with Gasteiger partial charge in [-0.25, -0.2) is 0 Å². The Morgan fingerprint density at radius 2 is 0.481 bits per heavy atom. The number of esters is 3. The molecule has 0 aliphatic heterocycles. The summed E-state index contributed by atoms with van der Waals surface area (Å²) in [6.45, 7) is 6.52. The molecule has 0 spiro atoms. The quantitative estimate of drug-likeness (QED) is 0.0261. The summed E-state index contributed by atoms with van der Waals surface area (Å²) >= 11 is 0. The molecule has 0 saturated heterocycles. The van der Waals surface area contributed by atoms with Crippen molar-refractivity contribution < 1.29 is 28.6 Å². The van der Waals surface area contributed by atoms with Crippen molar-refractivity contribution in [1.82, 2.24) is 0 Å². The summed E-state index contributed by atoms with van der Waals surface area (Å²) in [6.07, 6.45) is 92.7. The van der Waals surface area contributed by atoms with Crippen molar-refractivity contribution in [3.8, 4) is 0 Å². The lowest BCUT2D eigenvalue weighted by Gasteiger charge is -2.18. The predicted molar refractivity (Wildman–Crippen MR) is 353 cm³/mol. The summed E-state index contributed by atoms with van der Waals surface area (Å²) in [7, 11) is 0. The zero-order chi connectivity index (χ0) is 58.5. The molecular formula is C75H130O6. The minimum Gasteiger partial charge on any atom is -0.462 e. The number of hydrogen-bond acceptors (Lipinski definition) is 6. The molecule has 1 unspecified atom stereocenters. The van der Waals surface area contributed by atoms with Crippen LogP contribution in [0.3, 0.4) is 0 Å². The highest BCUT2D eigenvalue weighted by molar-refractivity contribution is 5.71. The first-order valence-corrected chi connectivity index (χ1v) is 34.7. The molecule has 0 aliphatic carbocycles. The SMILES string of the molecule is CC/C=C\C/C=C\C/C=C\C/C=C\CCCCCCCCCCC(=O)OC(COC(=O)CCCCCCCCCCC/C=C\C/C=C\CCCCC)COC(=O)CCCCCCCCCCCCC/C=C\C/C=C\CCCCCCC. The average Bonchev–Trinajstić information content (AvgIpc) is 3.47. The summed E-state index contributed by atoms with van der Waals surface area (Å²) in [6, 6.07) is 0. The summed E-state index contributed by atoms with van der Waals surface area (Å²) in [4.78, 5) is 38.5. The molecule has 0 saturated carbocycles. The highest BCUT2D eigenvalue weighted by Gasteiger charge is 2.19. The summed E-state index contributed by atoms with van der Waals surface area (Å²) in [5.74, 6) is -0.881. The lowest BCUT2D eigenvalue weighted by atomic mass is 10.0. The van der Waals surface area contributed by atoms with Crippen molar-refractivity contribution in [2.24, 2.45) is 0 Å². The van der Waals surface area contributed by atoms with Crippen LogP contribution in [0, 0.1) is 0 Å². The summed E-state index contributed by atoms with van der Waals surface area (Å²) < 4.78 is 17.0. The highest BCUT2D eigenvalue weighted by Crippen LogP contribution is 2.17. The zero-order valence-electron chi connectivity index (χ0n) is 53.5. The van der Waals surface area contributed by atoms with Crippen molar-refractivity contribution in [2.75, 3.05) is 13.2 Å². The molecule has 0 heterocycles. The van der Waals surface area contributed by atoms with Crippen LogP contribution in [0.15, 0.2) is 97.2 Å². The second-order valence-electron chi connectivity index (χ2n) is 23.1. The smallest absolute Gasteiger partial charge is 0.306 e. The molecule has 6 nitrogen and oxygen atoms in total. The van der Waals surface area contributed by atoms with E-state index in [0.29, 0.717) is 19.3 Å². The molecule has 0 aromatic rings. The van der Waals surface area contributed by atoms with Crippen LogP contribution in [-0.2, 0) is 28.6 Å². The minimum absolute atomic E-state index is 0.0820. The van der Waals surface area contributed by atoms with Gasteiger partial charge in [0.05, 0.1) is 0 Å². The largest absolute Gasteiger partial charge is 0.462 e. The monoisotopic (exact) mass is 1130 g/mol. The Morgan fingerprint density at radius 1 is 0.259 bits per heavy atom. The standard InChI is InChI=1S/C75H130O6/c1-4-7-10-13-16-19-22-25-28-31-34-36-37-39-41-44-47-50-53-56-59-62-65-68-74(77)80-71-72(70-79-73(76)67-64-61-58-55-52-49-46-43-40-33-30-27-24-21-18-15-12-9-6-3)81-75(78)69-66-63-60-57-54-51-48-45-42-38-35-32-29-26-23-20-17-14-11-8-5-2/h8,11,17-18,20-22,25-27,29-31,34-35,38,72H,4-7,9-10,12-16,19,23-24,28,32-33,36-37,39-71H2,1-3H3/b11-8-,20-17-,21-18-,25-22-,29-26-,30-27-,34-31-,38-35-. The Balaban J connectivity index is 4.39. The van der Waals surface area contributed by atoms with Crippen LogP contribution >= 0.6 is 0 Å². The minimum atomic E-state index is -0.788. The Labute approximate surface area is 502 Å². The van der Waals surface area contributed by atoms with E-state index < -0.39 is 6.10 Å². The van der Waals surface area contributed by atoms with Gasteiger partial charge < -0.3 is 14.2 Å². The molecule has 0 aliphatic rings. The zero-order valence-corrected chi connectivity index (χ0v) is 53.5. The van der Waals surface area contributed by atoms with Gasteiger partial charge in [-0.05, 0) is 122 Å². The first-order chi connectivity index (χ1) is 40.0. The van der Waals surface area contributed by atoms with Gasteiger partial charge in [0.15, 0.2) is 6.10 Å². The molecular weight excluding hydrogens is 997 g/mol. The third-order valence-corrected chi connectivity index (χ3v) is 15.0. The van der Waals surface area contributed by atoms with Crippen molar-refractivity contribution in [3.63, 3.8) is 0 Å². The van der Waals surface area contributed by atoms with Crippen LogP contribution < -0.4 is 0 Å². The molecule has 1 atom stereocenters. The average molecular weight is 1130 g/mol. The van der Waals surface area contributed by atoms with Gasteiger partial charge in [0.2, 0.25) is 0 Å². The first kappa shape index (κ1) is 77.3. The fraction of sp³-hybridized carbons (Fsp3) is 0.747. The Hall–Kier alpha value is -3.67. The van der Waals surface area contributed by atoms with E-state index in [1.54, 1.807) is 0 Å². The normalized spacial score (nSPS) is 12.7. The molecule has 0 N–H and O–H groups in total. The number of ether oxygens (including phenoxy) is 3. The second-order valence-corrected chi connectivity index (χ2v) is 23.1. The fourth-order valence-corrected chi connectivity index (χ4v) is 9.85. The lowest BCUT2D eigenvalue weighted by Crippen LogP contribution is -2.30. The van der Waals surface area contributed by atoms with Crippen LogP contribution in [0.2, 0.25) is 0 Å². The molecule has 0 rings (SSSR count). The van der Waals surface area contributed by atoms with Gasteiger partial charge in [0, 0.05) is 19.3 Å². The van der Waals surface area contributed by atoms with Crippen LogP contribution in [0.1, 0.15) is 342 Å². The summed E-state index contributed by atoms with van der Waals surface area (Å²) in [5, 5.41) is 0. The van der Waals surface area contributed by atoms with Crippen LogP contribution in [-0.4, -0.2) is 37.2 Å². The number of hydrogen-bond donors (Lipinski definition) is 0. The molecule has 0 bridgehead atoms. The molecule has 0 radical (unpaired) electrons. The molecule has 0 aromatic carbocycles. The molecule has 466 valence electrons. The lowest BCUT2D eigenvalue weighted by molar-refractivity contribution is -0.167. The number of unbranched alkanes of at least 4 members (excludes halogenated alkanes) is 36. The second kappa shape index (κ2) is 68.8. The predicted octanol–water partition coefficient (Wildman–Crippen LogP) is 24.0. The van der Waals surface area contributed by atoms with Crippen molar-refractivity contribution in [2.45, 2.75) is 348 Å². The molecule has 0 aromatic heterocycles. The Morgan fingerprint density at radius 3 is 0.778 bits per heavy atom. The van der Waals surface area contributed by atoms with E-state index in [4.69, 9.17) is 14.2 Å². The number of allylic oxidation sites excluding steroid dienone is 16. The van der Waals surface area contributed by atoms with E-state index in [-0.39, 0.29) is 31.1 Å². The molecule has 0 fully saturated rings.